The van der Waals surface area contributed by atoms with E-state index in [0.29, 0.717) is 28.8 Å². The SMILES string of the molecule is CN1CCN(c2ccc(CNC(=O)c3ccc(SC(F)F)cc3)cn2)CC1. The highest BCUT2D eigenvalue weighted by atomic mass is 32.2. The van der Waals surface area contributed by atoms with Crippen LogP contribution >= 0.6 is 11.8 Å². The van der Waals surface area contributed by atoms with E-state index in [2.05, 4.69) is 27.1 Å². The van der Waals surface area contributed by atoms with Gasteiger partial charge in [-0.05, 0) is 42.9 Å². The molecule has 144 valence electrons. The Kier molecular flexibility index (Phi) is 6.63. The smallest absolute Gasteiger partial charge is 0.288 e. The monoisotopic (exact) mass is 392 g/mol. The Labute approximate surface area is 161 Å². The Morgan fingerprint density at radius 3 is 2.44 bits per heavy atom. The molecule has 1 N–H and O–H groups in total. The van der Waals surface area contributed by atoms with Crippen LogP contribution in [0.5, 0.6) is 0 Å². The van der Waals surface area contributed by atoms with Crippen LogP contribution in [-0.4, -0.2) is 54.8 Å². The molecule has 0 spiro atoms. The van der Waals surface area contributed by atoms with Crippen molar-refractivity contribution in [1.29, 1.82) is 0 Å². The van der Waals surface area contributed by atoms with E-state index in [4.69, 9.17) is 0 Å². The summed E-state index contributed by atoms with van der Waals surface area (Å²) in [6.45, 7) is 4.32. The van der Waals surface area contributed by atoms with Crippen molar-refractivity contribution in [2.24, 2.45) is 0 Å². The van der Waals surface area contributed by atoms with Gasteiger partial charge < -0.3 is 15.1 Å². The second kappa shape index (κ2) is 9.14. The summed E-state index contributed by atoms with van der Waals surface area (Å²) >= 11 is 0.462. The summed E-state index contributed by atoms with van der Waals surface area (Å²) in [5, 5.41) is 2.83. The average Bonchev–Trinajstić information content (AvgIpc) is 2.67. The van der Waals surface area contributed by atoms with Crippen molar-refractivity contribution in [2.75, 3.05) is 38.1 Å². The number of halogens is 2. The number of aromatic nitrogens is 1. The molecule has 2 heterocycles. The van der Waals surface area contributed by atoms with Gasteiger partial charge in [-0.1, -0.05) is 17.8 Å². The van der Waals surface area contributed by atoms with E-state index in [-0.39, 0.29) is 5.91 Å². The molecule has 1 fully saturated rings. The van der Waals surface area contributed by atoms with Gasteiger partial charge in [0.25, 0.3) is 11.7 Å². The van der Waals surface area contributed by atoms with Crippen molar-refractivity contribution in [1.82, 2.24) is 15.2 Å². The van der Waals surface area contributed by atoms with Crippen LogP contribution in [0.3, 0.4) is 0 Å². The number of carbonyl (C=O) groups is 1. The van der Waals surface area contributed by atoms with Gasteiger partial charge in [0.15, 0.2) is 0 Å². The molecule has 0 unspecified atom stereocenters. The highest BCUT2D eigenvalue weighted by Crippen LogP contribution is 2.25. The van der Waals surface area contributed by atoms with Crippen LogP contribution in [0, 0.1) is 0 Å². The van der Waals surface area contributed by atoms with Crippen molar-refractivity contribution in [3.05, 3.63) is 53.7 Å². The van der Waals surface area contributed by atoms with Crippen molar-refractivity contribution in [3.8, 4) is 0 Å². The highest BCUT2D eigenvalue weighted by molar-refractivity contribution is 7.99. The van der Waals surface area contributed by atoms with Crippen molar-refractivity contribution in [2.45, 2.75) is 17.2 Å². The standard InChI is InChI=1S/C19H22F2N4OS/c1-24-8-10-25(11-9-24)17-7-2-14(12-22-17)13-23-18(26)15-3-5-16(6-4-15)27-19(20)21/h2-7,12,19H,8-11,13H2,1H3,(H,23,26). The number of likely N-dealkylation sites (N-methyl/N-ethyl adjacent to an activating group) is 1. The molecule has 3 rings (SSSR count). The first kappa shape index (κ1) is 19.6. The van der Waals surface area contributed by atoms with Gasteiger partial charge in [0.1, 0.15) is 5.82 Å². The molecule has 0 bridgehead atoms. The summed E-state index contributed by atoms with van der Waals surface area (Å²) in [5.41, 5.74) is 1.35. The van der Waals surface area contributed by atoms with E-state index in [1.54, 1.807) is 18.3 Å². The molecule has 0 saturated carbocycles. The van der Waals surface area contributed by atoms with Crippen LogP contribution in [0.2, 0.25) is 0 Å². The molecule has 1 aromatic carbocycles. The maximum absolute atomic E-state index is 12.3. The minimum atomic E-state index is -2.47. The Balaban J connectivity index is 1.51. The zero-order valence-corrected chi connectivity index (χ0v) is 15.9. The van der Waals surface area contributed by atoms with Gasteiger partial charge in [0.2, 0.25) is 0 Å². The van der Waals surface area contributed by atoms with Gasteiger partial charge in [-0.2, -0.15) is 8.78 Å². The van der Waals surface area contributed by atoms with Crippen LogP contribution in [0.25, 0.3) is 0 Å². The molecule has 0 radical (unpaired) electrons. The normalized spacial score (nSPS) is 15.2. The molecule has 5 nitrogen and oxygen atoms in total. The van der Waals surface area contributed by atoms with Crippen LogP contribution in [0.1, 0.15) is 15.9 Å². The number of nitrogens with zero attached hydrogens (tertiary/aromatic N) is 3. The molecule has 1 aromatic heterocycles. The Hall–Kier alpha value is -2.19. The predicted molar refractivity (Wildman–Crippen MR) is 103 cm³/mol. The molecule has 27 heavy (non-hydrogen) atoms. The number of hydrogen-bond donors (Lipinski definition) is 1. The molecule has 1 amide bonds. The second-order valence-electron chi connectivity index (χ2n) is 6.40. The number of benzene rings is 1. The van der Waals surface area contributed by atoms with E-state index in [0.717, 1.165) is 37.6 Å². The predicted octanol–water partition coefficient (Wildman–Crippen LogP) is 3.08. The molecule has 1 aliphatic heterocycles. The lowest BCUT2D eigenvalue weighted by Gasteiger charge is -2.33. The first-order valence-corrected chi connectivity index (χ1v) is 9.61. The van der Waals surface area contributed by atoms with Crippen LogP contribution in [0.4, 0.5) is 14.6 Å². The van der Waals surface area contributed by atoms with Gasteiger partial charge in [-0.25, -0.2) is 4.98 Å². The van der Waals surface area contributed by atoms with E-state index < -0.39 is 5.76 Å². The fraction of sp³-hybridized carbons (Fsp3) is 0.368. The molecule has 2 aromatic rings. The number of pyridine rings is 1. The molecule has 1 saturated heterocycles. The number of rotatable bonds is 6. The van der Waals surface area contributed by atoms with E-state index in [1.807, 2.05) is 12.1 Å². The minimum Gasteiger partial charge on any atom is -0.354 e. The van der Waals surface area contributed by atoms with Gasteiger partial charge in [0.05, 0.1) is 0 Å². The third kappa shape index (κ3) is 5.64. The Morgan fingerprint density at radius 2 is 1.85 bits per heavy atom. The zero-order valence-electron chi connectivity index (χ0n) is 15.1. The summed E-state index contributed by atoms with van der Waals surface area (Å²) < 4.78 is 24.7. The summed E-state index contributed by atoms with van der Waals surface area (Å²) in [7, 11) is 2.11. The third-order valence-electron chi connectivity index (χ3n) is 4.43. The molecular weight excluding hydrogens is 370 g/mol. The Bertz CT molecular complexity index is 747. The average molecular weight is 392 g/mol. The van der Waals surface area contributed by atoms with Crippen molar-refractivity contribution in [3.63, 3.8) is 0 Å². The number of nitrogens with one attached hydrogen (secondary N) is 1. The van der Waals surface area contributed by atoms with Crippen LogP contribution < -0.4 is 10.2 Å². The minimum absolute atomic E-state index is 0.244. The first-order valence-electron chi connectivity index (χ1n) is 8.73. The first-order chi connectivity index (χ1) is 13.0. The second-order valence-corrected chi connectivity index (χ2v) is 7.46. The van der Waals surface area contributed by atoms with Crippen LogP contribution in [-0.2, 0) is 6.54 Å². The number of anilines is 1. The molecular formula is C19H22F2N4OS. The number of amides is 1. The summed E-state index contributed by atoms with van der Waals surface area (Å²) in [6, 6.07) is 10.1. The van der Waals surface area contributed by atoms with Gasteiger partial charge in [-0.3, -0.25) is 4.79 Å². The third-order valence-corrected chi connectivity index (χ3v) is 5.15. The van der Waals surface area contributed by atoms with Gasteiger partial charge in [-0.15, -0.1) is 0 Å². The van der Waals surface area contributed by atoms with E-state index in [1.165, 1.54) is 12.1 Å². The quantitative estimate of drug-likeness (QED) is 0.766. The molecule has 0 atom stereocenters. The lowest BCUT2D eigenvalue weighted by Crippen LogP contribution is -2.44. The summed E-state index contributed by atoms with van der Waals surface area (Å²) in [4.78, 5) is 21.7. The number of carbonyl (C=O) groups excluding carboxylic acids is 1. The van der Waals surface area contributed by atoms with Crippen LogP contribution in [0.15, 0.2) is 47.5 Å². The Morgan fingerprint density at radius 1 is 1.15 bits per heavy atom. The van der Waals surface area contributed by atoms with Gasteiger partial charge in [0, 0.05) is 49.4 Å². The molecule has 1 aliphatic rings. The summed E-state index contributed by atoms with van der Waals surface area (Å²) in [5.74, 6) is -1.76. The van der Waals surface area contributed by atoms with Crippen molar-refractivity contribution >= 4 is 23.5 Å². The van der Waals surface area contributed by atoms with E-state index >= 15 is 0 Å². The van der Waals surface area contributed by atoms with Crippen molar-refractivity contribution < 1.29 is 13.6 Å². The topological polar surface area (TPSA) is 48.5 Å². The van der Waals surface area contributed by atoms with Gasteiger partial charge >= 0.3 is 0 Å². The number of alkyl halides is 2. The number of thioether (sulfide) groups is 1. The fourth-order valence-corrected chi connectivity index (χ4v) is 3.31. The fourth-order valence-electron chi connectivity index (χ4n) is 2.82. The lowest BCUT2D eigenvalue weighted by molar-refractivity contribution is 0.0951. The summed E-state index contributed by atoms with van der Waals surface area (Å²) in [6.07, 6.45) is 1.77. The number of piperazine rings is 1. The largest absolute Gasteiger partial charge is 0.354 e. The zero-order chi connectivity index (χ0) is 19.2. The van der Waals surface area contributed by atoms with E-state index in [9.17, 15) is 13.6 Å². The molecule has 0 aliphatic carbocycles. The maximum atomic E-state index is 12.3. The number of hydrogen-bond acceptors (Lipinski definition) is 5. The molecule has 8 heteroatoms. The highest BCUT2D eigenvalue weighted by Gasteiger charge is 2.15. The lowest BCUT2D eigenvalue weighted by atomic mass is 10.2. The maximum Gasteiger partial charge on any atom is 0.288 e.